The second-order valence-electron chi connectivity index (χ2n) is 5.00. The van der Waals surface area contributed by atoms with E-state index < -0.39 is 5.60 Å². The normalized spacial score (nSPS) is 11.8. The van der Waals surface area contributed by atoms with Gasteiger partial charge in [-0.15, -0.1) is 11.3 Å². The van der Waals surface area contributed by atoms with E-state index in [2.05, 4.69) is 5.10 Å². The maximum Gasteiger partial charge on any atom is 0.272 e. The van der Waals surface area contributed by atoms with Gasteiger partial charge in [0, 0.05) is 7.11 Å². The molecule has 0 unspecified atom stereocenters. The third-order valence-corrected chi connectivity index (χ3v) is 3.81. The van der Waals surface area contributed by atoms with E-state index in [9.17, 15) is 9.90 Å². The molecule has 0 fully saturated rings. The molecule has 6 heteroatoms. The number of aliphatic hydroxyl groups is 1. The van der Waals surface area contributed by atoms with Gasteiger partial charge in [-0.3, -0.25) is 4.79 Å². The van der Waals surface area contributed by atoms with Gasteiger partial charge in [0.2, 0.25) is 0 Å². The topological polar surface area (TPSA) is 64.3 Å². The lowest BCUT2D eigenvalue weighted by molar-refractivity contribution is 0.0758. The van der Waals surface area contributed by atoms with Crippen LogP contribution in [0.3, 0.4) is 0 Å². The molecule has 0 amide bonds. The third-order valence-electron chi connectivity index (χ3n) is 2.91. The summed E-state index contributed by atoms with van der Waals surface area (Å²) in [6.07, 6.45) is 0. The van der Waals surface area contributed by atoms with Gasteiger partial charge >= 0.3 is 0 Å². The Morgan fingerprint density at radius 2 is 2.25 bits per heavy atom. The summed E-state index contributed by atoms with van der Waals surface area (Å²) in [5, 5.41) is 16.5. The van der Waals surface area contributed by atoms with Gasteiger partial charge in [0.1, 0.15) is 5.69 Å². The summed E-state index contributed by atoms with van der Waals surface area (Å²) < 4.78 is 6.35. The van der Waals surface area contributed by atoms with Crippen molar-refractivity contribution in [1.82, 2.24) is 9.78 Å². The van der Waals surface area contributed by atoms with Crippen LogP contribution in [0.25, 0.3) is 10.6 Å². The highest BCUT2D eigenvalue weighted by Crippen LogP contribution is 2.25. The minimum atomic E-state index is -1.21. The predicted molar refractivity (Wildman–Crippen MR) is 78.9 cm³/mol. The van der Waals surface area contributed by atoms with E-state index >= 15 is 0 Å². The van der Waals surface area contributed by atoms with Crippen molar-refractivity contribution in [2.45, 2.75) is 26.0 Å². The number of ether oxygens (including phenoxy) is 1. The maximum absolute atomic E-state index is 12.3. The maximum atomic E-state index is 12.3. The Labute approximate surface area is 121 Å². The number of methoxy groups -OCH3 is 1. The van der Waals surface area contributed by atoms with Crippen molar-refractivity contribution in [2.24, 2.45) is 0 Å². The van der Waals surface area contributed by atoms with Gasteiger partial charge in [0.05, 0.1) is 29.2 Å². The van der Waals surface area contributed by atoms with Gasteiger partial charge in [-0.2, -0.15) is 5.10 Å². The molecular formula is C14H18N2O3S. The molecule has 0 bridgehead atoms. The second-order valence-corrected chi connectivity index (χ2v) is 5.95. The van der Waals surface area contributed by atoms with Crippen LogP contribution >= 0.6 is 11.3 Å². The molecule has 0 atom stereocenters. The monoisotopic (exact) mass is 294 g/mol. The van der Waals surface area contributed by atoms with Crippen LogP contribution in [0.5, 0.6) is 0 Å². The van der Waals surface area contributed by atoms with Crippen LogP contribution in [-0.2, 0) is 16.9 Å². The van der Waals surface area contributed by atoms with Crippen molar-refractivity contribution in [3.8, 4) is 10.6 Å². The van der Waals surface area contributed by atoms with Gasteiger partial charge < -0.3 is 9.84 Å². The standard InChI is InChI=1S/C14H18N2O3S/c1-14(2,18)10-9-11(12-5-4-8-20-12)15-16(13(10)17)6-7-19-3/h4-5,8-9,18H,6-7H2,1-3H3. The Balaban J connectivity index is 2.57. The molecule has 2 aromatic rings. The Kier molecular flexibility index (Phi) is 4.37. The van der Waals surface area contributed by atoms with Crippen LogP contribution < -0.4 is 5.56 Å². The Bertz CT molecular complexity index is 627. The molecule has 0 saturated heterocycles. The molecule has 0 radical (unpaired) electrons. The summed E-state index contributed by atoms with van der Waals surface area (Å²) >= 11 is 1.54. The van der Waals surface area contributed by atoms with Crippen molar-refractivity contribution < 1.29 is 9.84 Å². The molecule has 0 spiro atoms. The molecule has 0 saturated carbocycles. The summed E-state index contributed by atoms with van der Waals surface area (Å²) in [6, 6.07) is 5.53. The smallest absolute Gasteiger partial charge is 0.272 e. The molecule has 0 aromatic carbocycles. The minimum Gasteiger partial charge on any atom is -0.386 e. The molecule has 2 rings (SSSR count). The molecule has 20 heavy (non-hydrogen) atoms. The lowest BCUT2D eigenvalue weighted by atomic mass is 9.99. The van der Waals surface area contributed by atoms with Crippen molar-refractivity contribution in [2.75, 3.05) is 13.7 Å². The summed E-state index contributed by atoms with van der Waals surface area (Å²) in [6.45, 7) is 3.95. The molecule has 1 N–H and O–H groups in total. The number of hydrogen-bond acceptors (Lipinski definition) is 5. The van der Waals surface area contributed by atoms with E-state index in [1.807, 2.05) is 17.5 Å². The van der Waals surface area contributed by atoms with Crippen LogP contribution in [-0.4, -0.2) is 28.6 Å². The molecule has 0 aliphatic carbocycles. The summed E-state index contributed by atoms with van der Waals surface area (Å²) in [5.41, 5.74) is -0.462. The predicted octanol–water partition coefficient (Wildman–Crippen LogP) is 1.85. The van der Waals surface area contributed by atoms with E-state index in [1.54, 1.807) is 38.4 Å². The molecule has 2 aromatic heterocycles. The summed E-state index contributed by atoms with van der Waals surface area (Å²) in [5.74, 6) is 0. The Morgan fingerprint density at radius 1 is 1.50 bits per heavy atom. The van der Waals surface area contributed by atoms with E-state index in [1.165, 1.54) is 4.68 Å². The zero-order chi connectivity index (χ0) is 14.8. The fraction of sp³-hybridized carbons (Fsp3) is 0.429. The van der Waals surface area contributed by atoms with E-state index in [-0.39, 0.29) is 5.56 Å². The first-order valence-corrected chi connectivity index (χ1v) is 7.19. The second kappa shape index (κ2) is 5.87. The van der Waals surface area contributed by atoms with Crippen molar-refractivity contribution in [3.63, 3.8) is 0 Å². The van der Waals surface area contributed by atoms with E-state index in [0.717, 1.165) is 4.88 Å². The molecule has 5 nitrogen and oxygen atoms in total. The van der Waals surface area contributed by atoms with Crippen molar-refractivity contribution in [1.29, 1.82) is 0 Å². The zero-order valence-electron chi connectivity index (χ0n) is 11.8. The Morgan fingerprint density at radius 3 is 2.80 bits per heavy atom. The van der Waals surface area contributed by atoms with Crippen LogP contribution in [0.2, 0.25) is 0 Å². The van der Waals surface area contributed by atoms with Gasteiger partial charge in [-0.25, -0.2) is 4.68 Å². The lowest BCUT2D eigenvalue weighted by Gasteiger charge is -2.19. The van der Waals surface area contributed by atoms with Crippen LogP contribution in [0.15, 0.2) is 28.4 Å². The van der Waals surface area contributed by atoms with E-state index in [4.69, 9.17) is 4.74 Å². The lowest BCUT2D eigenvalue weighted by Crippen LogP contribution is -2.34. The highest BCUT2D eigenvalue weighted by Gasteiger charge is 2.23. The molecular weight excluding hydrogens is 276 g/mol. The molecule has 0 aliphatic rings. The van der Waals surface area contributed by atoms with Gasteiger partial charge in [-0.05, 0) is 31.4 Å². The summed E-state index contributed by atoms with van der Waals surface area (Å²) in [7, 11) is 1.57. The highest BCUT2D eigenvalue weighted by atomic mass is 32.1. The average molecular weight is 294 g/mol. The van der Waals surface area contributed by atoms with E-state index in [0.29, 0.717) is 24.4 Å². The largest absolute Gasteiger partial charge is 0.386 e. The summed E-state index contributed by atoms with van der Waals surface area (Å²) in [4.78, 5) is 13.3. The molecule has 0 aliphatic heterocycles. The van der Waals surface area contributed by atoms with Crippen LogP contribution in [0.4, 0.5) is 0 Å². The first kappa shape index (κ1) is 14.9. The van der Waals surface area contributed by atoms with Gasteiger partial charge in [-0.1, -0.05) is 6.07 Å². The zero-order valence-corrected chi connectivity index (χ0v) is 12.6. The third kappa shape index (κ3) is 3.15. The molecule has 108 valence electrons. The van der Waals surface area contributed by atoms with Gasteiger partial charge in [0.25, 0.3) is 5.56 Å². The fourth-order valence-corrected chi connectivity index (χ4v) is 2.54. The number of hydrogen-bond donors (Lipinski definition) is 1. The molecule has 2 heterocycles. The first-order valence-electron chi connectivity index (χ1n) is 6.31. The Hall–Kier alpha value is -1.50. The number of rotatable bonds is 5. The SMILES string of the molecule is COCCn1nc(-c2cccs2)cc(C(C)(C)O)c1=O. The van der Waals surface area contributed by atoms with Gasteiger partial charge in [0.15, 0.2) is 0 Å². The van der Waals surface area contributed by atoms with Crippen LogP contribution in [0.1, 0.15) is 19.4 Å². The minimum absolute atomic E-state index is 0.283. The number of aromatic nitrogens is 2. The van der Waals surface area contributed by atoms with Crippen molar-refractivity contribution in [3.05, 3.63) is 39.5 Å². The first-order chi connectivity index (χ1) is 9.43. The van der Waals surface area contributed by atoms with Crippen LogP contribution in [0, 0.1) is 0 Å². The highest BCUT2D eigenvalue weighted by molar-refractivity contribution is 7.13. The fourth-order valence-electron chi connectivity index (χ4n) is 1.85. The quantitative estimate of drug-likeness (QED) is 0.914. The number of nitrogens with zero attached hydrogens (tertiary/aromatic N) is 2. The average Bonchev–Trinajstić information content (AvgIpc) is 2.90. The number of thiophene rings is 1. The van der Waals surface area contributed by atoms with Crippen molar-refractivity contribution >= 4 is 11.3 Å².